The van der Waals surface area contributed by atoms with Gasteiger partial charge in [-0.2, -0.15) is 13.2 Å². The number of halogens is 4. The maximum Gasteiger partial charge on any atom is 0.454 e. The number of nitrogens with zero attached hydrogens (tertiary/aromatic N) is 3. The Morgan fingerprint density at radius 2 is 1.97 bits per heavy atom. The van der Waals surface area contributed by atoms with E-state index >= 15 is 0 Å². The summed E-state index contributed by atoms with van der Waals surface area (Å²) < 4.78 is 47.8. The van der Waals surface area contributed by atoms with E-state index in [4.69, 9.17) is 4.74 Å². The first-order valence-electron chi connectivity index (χ1n) is 10.9. The highest BCUT2D eigenvalue weighted by atomic mass is 127. The van der Waals surface area contributed by atoms with Gasteiger partial charge in [0.25, 0.3) is 5.78 Å². The molecule has 1 aliphatic rings. The summed E-state index contributed by atoms with van der Waals surface area (Å²) in [4.78, 5) is 18.4. The van der Waals surface area contributed by atoms with Gasteiger partial charge >= 0.3 is 6.18 Å². The van der Waals surface area contributed by atoms with E-state index in [0.29, 0.717) is 12.2 Å². The van der Waals surface area contributed by atoms with Gasteiger partial charge in [0.15, 0.2) is 0 Å². The van der Waals surface area contributed by atoms with Crippen LogP contribution < -0.4 is 4.74 Å². The molecule has 0 radical (unpaired) electrons. The number of fused-ring (bicyclic) bond motifs is 1. The molecule has 1 aromatic carbocycles. The third-order valence-corrected chi connectivity index (χ3v) is 6.73. The Morgan fingerprint density at radius 1 is 1.18 bits per heavy atom. The summed E-state index contributed by atoms with van der Waals surface area (Å²) in [5.41, 5.74) is 1.32. The lowest BCUT2D eigenvalue weighted by Crippen LogP contribution is -2.41. The fraction of sp³-hybridized carbons (Fsp3) is 0.417. The Hall–Kier alpha value is -2.14. The molecule has 1 unspecified atom stereocenters. The Balaban J connectivity index is 1.35. The van der Waals surface area contributed by atoms with E-state index in [1.54, 1.807) is 10.6 Å². The minimum Gasteiger partial charge on any atom is -0.489 e. The second-order valence-electron chi connectivity index (χ2n) is 8.25. The molecular formula is C24H25F3IN3O2. The van der Waals surface area contributed by atoms with Crippen LogP contribution >= 0.6 is 22.6 Å². The molecule has 5 nitrogen and oxygen atoms in total. The second kappa shape index (κ2) is 10.4. The number of likely N-dealkylation sites (tertiary alicyclic amines) is 1. The van der Waals surface area contributed by atoms with E-state index in [2.05, 4.69) is 44.6 Å². The fourth-order valence-corrected chi connectivity index (χ4v) is 4.76. The van der Waals surface area contributed by atoms with Crippen LogP contribution in [0.2, 0.25) is 0 Å². The number of hydrogen-bond donors (Lipinski definition) is 0. The SMILES string of the molecule is O=C(c1cn(CCCN2CCCC(Oc3ccc(CI)cc3)C2)c2ncccc12)C(F)(F)F. The number of piperidine rings is 1. The number of hydrogen-bond acceptors (Lipinski definition) is 4. The van der Waals surface area contributed by atoms with Crippen LogP contribution in [0.1, 0.15) is 35.2 Å². The van der Waals surface area contributed by atoms with Crippen LogP contribution in [0.25, 0.3) is 11.0 Å². The number of ketones is 1. The van der Waals surface area contributed by atoms with Crippen molar-refractivity contribution in [3.8, 4) is 5.75 Å². The predicted molar refractivity (Wildman–Crippen MR) is 129 cm³/mol. The average Bonchev–Trinajstić information content (AvgIpc) is 3.17. The summed E-state index contributed by atoms with van der Waals surface area (Å²) in [6.45, 7) is 3.06. The molecule has 1 atom stereocenters. The molecule has 33 heavy (non-hydrogen) atoms. The monoisotopic (exact) mass is 571 g/mol. The highest BCUT2D eigenvalue weighted by molar-refractivity contribution is 14.1. The lowest BCUT2D eigenvalue weighted by atomic mass is 10.1. The number of carbonyl (C=O) groups is 1. The van der Waals surface area contributed by atoms with Crippen molar-refractivity contribution in [2.45, 2.75) is 42.5 Å². The standard InChI is InChI=1S/C24H25F3IN3O2/c25-24(26,27)22(32)21-16-31(23-20(21)5-1-10-29-23)13-3-12-30-11-2-4-19(15-30)33-18-8-6-17(14-28)7-9-18/h1,5-10,16,19H,2-4,11-15H2. The van der Waals surface area contributed by atoms with Gasteiger partial charge in [0, 0.05) is 35.3 Å². The van der Waals surface area contributed by atoms with Crippen LogP contribution in [0.4, 0.5) is 13.2 Å². The third kappa shape index (κ3) is 5.87. The van der Waals surface area contributed by atoms with E-state index in [1.807, 2.05) is 12.1 Å². The van der Waals surface area contributed by atoms with E-state index in [0.717, 1.165) is 49.1 Å². The number of rotatable bonds is 8. The Labute approximate surface area is 204 Å². The first-order valence-corrected chi connectivity index (χ1v) is 12.5. The van der Waals surface area contributed by atoms with E-state index in [-0.39, 0.29) is 17.1 Å². The van der Waals surface area contributed by atoms with Crippen molar-refractivity contribution in [2.75, 3.05) is 19.6 Å². The van der Waals surface area contributed by atoms with Crippen molar-refractivity contribution in [3.05, 3.63) is 59.9 Å². The molecule has 1 aliphatic heterocycles. The van der Waals surface area contributed by atoms with Gasteiger partial charge in [0.05, 0.1) is 5.56 Å². The van der Waals surface area contributed by atoms with Crippen LogP contribution in [-0.4, -0.2) is 52.1 Å². The predicted octanol–water partition coefficient (Wildman–Crippen LogP) is 5.65. The summed E-state index contributed by atoms with van der Waals surface area (Å²) in [6.07, 6.45) is 0.795. The minimum absolute atomic E-state index is 0.120. The van der Waals surface area contributed by atoms with Crippen LogP contribution in [0, 0.1) is 0 Å². The van der Waals surface area contributed by atoms with Crippen LogP contribution in [-0.2, 0) is 11.0 Å². The second-order valence-corrected chi connectivity index (χ2v) is 9.01. The molecular weight excluding hydrogens is 546 g/mol. The summed E-state index contributed by atoms with van der Waals surface area (Å²) in [5, 5.41) is 0.236. The van der Waals surface area contributed by atoms with Crippen molar-refractivity contribution < 1.29 is 22.7 Å². The van der Waals surface area contributed by atoms with Gasteiger partial charge in [-0.15, -0.1) is 0 Å². The number of benzene rings is 1. The van der Waals surface area contributed by atoms with Gasteiger partial charge in [-0.3, -0.25) is 9.69 Å². The van der Waals surface area contributed by atoms with Gasteiger partial charge in [-0.1, -0.05) is 34.7 Å². The molecule has 0 saturated carbocycles. The topological polar surface area (TPSA) is 47.4 Å². The fourth-order valence-electron chi connectivity index (χ4n) is 4.25. The number of aryl methyl sites for hydroxylation is 1. The van der Waals surface area contributed by atoms with Crippen molar-refractivity contribution in [1.82, 2.24) is 14.5 Å². The number of ether oxygens (including phenoxy) is 1. The first-order chi connectivity index (χ1) is 15.8. The first kappa shape index (κ1) is 24.0. The number of pyridine rings is 1. The zero-order valence-electron chi connectivity index (χ0n) is 18.0. The zero-order valence-corrected chi connectivity index (χ0v) is 20.2. The average molecular weight is 571 g/mol. The van der Waals surface area contributed by atoms with Crippen LogP contribution in [0.3, 0.4) is 0 Å². The van der Waals surface area contributed by atoms with Crippen molar-refractivity contribution in [3.63, 3.8) is 0 Å². The highest BCUT2D eigenvalue weighted by Crippen LogP contribution is 2.28. The molecule has 9 heteroatoms. The number of Topliss-reactive ketones (excluding diaryl/α,β-unsaturated/α-hetero) is 1. The normalized spacial score (nSPS) is 17.4. The molecule has 0 aliphatic carbocycles. The molecule has 1 saturated heterocycles. The smallest absolute Gasteiger partial charge is 0.454 e. The summed E-state index contributed by atoms with van der Waals surface area (Å²) in [7, 11) is 0. The summed E-state index contributed by atoms with van der Waals surface area (Å²) in [5.74, 6) is -0.955. The van der Waals surface area contributed by atoms with Crippen molar-refractivity contribution in [2.24, 2.45) is 0 Å². The van der Waals surface area contributed by atoms with Crippen molar-refractivity contribution in [1.29, 1.82) is 0 Å². The van der Waals surface area contributed by atoms with E-state index in [1.165, 1.54) is 24.0 Å². The molecule has 0 amide bonds. The molecule has 0 spiro atoms. The van der Waals surface area contributed by atoms with Crippen molar-refractivity contribution >= 4 is 39.4 Å². The molecule has 0 bridgehead atoms. The molecule has 176 valence electrons. The van der Waals surface area contributed by atoms with E-state index in [9.17, 15) is 18.0 Å². The lowest BCUT2D eigenvalue weighted by molar-refractivity contribution is -0.0884. The maximum absolute atomic E-state index is 13.0. The summed E-state index contributed by atoms with van der Waals surface area (Å²) in [6, 6.07) is 11.2. The quantitative estimate of drug-likeness (QED) is 0.199. The molecule has 3 aromatic rings. The van der Waals surface area contributed by atoms with Gasteiger partial charge < -0.3 is 9.30 Å². The molecule has 2 aromatic heterocycles. The van der Waals surface area contributed by atoms with Gasteiger partial charge in [0.1, 0.15) is 17.5 Å². The number of aromatic nitrogens is 2. The lowest BCUT2D eigenvalue weighted by Gasteiger charge is -2.33. The highest BCUT2D eigenvalue weighted by Gasteiger charge is 2.41. The summed E-state index contributed by atoms with van der Waals surface area (Å²) >= 11 is 2.33. The Kier molecular flexibility index (Phi) is 7.58. The van der Waals surface area contributed by atoms with Crippen LogP contribution in [0.5, 0.6) is 5.75 Å². The molecule has 0 N–H and O–H groups in total. The largest absolute Gasteiger partial charge is 0.489 e. The molecule has 4 rings (SSSR count). The Morgan fingerprint density at radius 3 is 2.70 bits per heavy atom. The van der Waals surface area contributed by atoms with Gasteiger partial charge in [-0.25, -0.2) is 4.98 Å². The maximum atomic E-state index is 13.0. The number of carbonyl (C=O) groups excluding carboxylic acids is 1. The number of alkyl halides is 4. The van der Waals surface area contributed by atoms with Gasteiger partial charge in [-0.05, 0) is 62.2 Å². The minimum atomic E-state index is -4.91. The van der Waals surface area contributed by atoms with Crippen LogP contribution in [0.15, 0.2) is 48.8 Å². The Bertz CT molecular complexity index is 1100. The third-order valence-electron chi connectivity index (χ3n) is 5.85. The van der Waals surface area contributed by atoms with Gasteiger partial charge in [0.2, 0.25) is 0 Å². The zero-order chi connectivity index (χ0) is 23.4. The molecule has 1 fully saturated rings. The van der Waals surface area contributed by atoms with E-state index < -0.39 is 12.0 Å². The molecule has 3 heterocycles.